The van der Waals surface area contributed by atoms with Crippen LogP contribution >= 0.6 is 23.2 Å². The summed E-state index contributed by atoms with van der Waals surface area (Å²) in [5.74, 6) is -1.77. The van der Waals surface area contributed by atoms with E-state index in [0.717, 1.165) is 0 Å². The first-order valence-electron chi connectivity index (χ1n) is 9.92. The minimum Gasteiger partial charge on any atom is -0.478 e. The van der Waals surface area contributed by atoms with Crippen LogP contribution in [0.5, 0.6) is 0 Å². The molecule has 0 radical (unpaired) electrons. The van der Waals surface area contributed by atoms with Crippen LogP contribution in [0.2, 0.25) is 10.0 Å². The predicted molar refractivity (Wildman–Crippen MR) is 124 cm³/mol. The molecule has 0 fully saturated rings. The molecule has 1 aliphatic heterocycles. The first-order valence-corrected chi connectivity index (χ1v) is 12.1. The largest absolute Gasteiger partial charge is 0.478 e. The number of hydrogen-bond acceptors (Lipinski definition) is 3. The second-order valence-electron chi connectivity index (χ2n) is 7.51. The fourth-order valence-electron chi connectivity index (χ4n) is 3.95. The third-order valence-corrected chi connectivity index (χ3v) is 7.89. The molecule has 170 valence electrons. The van der Waals surface area contributed by atoms with Gasteiger partial charge in [-0.15, -0.1) is 0 Å². The Bertz CT molecular complexity index is 1310. The average molecular weight is 506 g/mol. The molecule has 0 unspecified atom stereocenters. The number of benzene rings is 3. The number of sulfonamides is 1. The van der Waals surface area contributed by atoms with E-state index in [0.29, 0.717) is 21.2 Å². The van der Waals surface area contributed by atoms with Crippen molar-refractivity contribution in [1.82, 2.24) is 4.31 Å². The number of hydrogen-bond donors (Lipinski definition) is 1. The summed E-state index contributed by atoms with van der Waals surface area (Å²) in [5, 5.41) is 10.8. The van der Waals surface area contributed by atoms with Crippen molar-refractivity contribution in [2.75, 3.05) is 0 Å². The summed E-state index contributed by atoms with van der Waals surface area (Å²) < 4.78 is 42.7. The van der Waals surface area contributed by atoms with Gasteiger partial charge in [0, 0.05) is 10.0 Å². The van der Waals surface area contributed by atoms with E-state index < -0.39 is 33.9 Å². The quantitative estimate of drug-likeness (QED) is 0.459. The second-order valence-corrected chi connectivity index (χ2v) is 10.2. The van der Waals surface area contributed by atoms with Gasteiger partial charge in [0.2, 0.25) is 10.0 Å². The van der Waals surface area contributed by atoms with Crippen LogP contribution in [0.25, 0.3) is 0 Å². The normalized spacial score (nSPS) is 19.2. The van der Waals surface area contributed by atoms with Crippen molar-refractivity contribution in [3.8, 4) is 0 Å². The molecule has 9 heteroatoms. The van der Waals surface area contributed by atoms with E-state index in [-0.39, 0.29) is 16.9 Å². The van der Waals surface area contributed by atoms with E-state index in [1.807, 2.05) is 0 Å². The fraction of sp³-hybridized carbons (Fsp3) is 0.125. The van der Waals surface area contributed by atoms with E-state index in [9.17, 15) is 22.7 Å². The lowest BCUT2D eigenvalue weighted by atomic mass is 9.89. The van der Waals surface area contributed by atoms with Gasteiger partial charge in [-0.3, -0.25) is 0 Å². The van der Waals surface area contributed by atoms with E-state index in [2.05, 4.69) is 0 Å². The molecule has 2 atom stereocenters. The Morgan fingerprint density at radius 3 is 1.94 bits per heavy atom. The Hall–Kier alpha value is -2.71. The minimum absolute atomic E-state index is 0.0374. The Kier molecular flexibility index (Phi) is 6.59. The standard InChI is InChI=1S/C24H18Cl2FNO4S/c25-17-5-1-15(2-6-17)22-14-13-21(24(29)30)23(16-3-9-19(27)10-4-16)28(22)33(31,32)20-11-7-18(26)8-12-20/h1-13,22-23H,14H2,(H,29,30)/t22-,23-/m0/s1. The molecule has 0 amide bonds. The topological polar surface area (TPSA) is 74.7 Å². The van der Waals surface area contributed by atoms with Crippen LogP contribution in [0.3, 0.4) is 0 Å². The van der Waals surface area contributed by atoms with Crippen molar-refractivity contribution >= 4 is 39.2 Å². The van der Waals surface area contributed by atoms with Gasteiger partial charge in [0.25, 0.3) is 0 Å². The number of halogens is 3. The van der Waals surface area contributed by atoms with Crippen molar-refractivity contribution in [3.63, 3.8) is 0 Å². The van der Waals surface area contributed by atoms with Crippen LogP contribution in [0, 0.1) is 5.82 Å². The van der Waals surface area contributed by atoms with Gasteiger partial charge in [0.05, 0.1) is 22.6 Å². The summed E-state index contributed by atoms with van der Waals surface area (Å²) in [4.78, 5) is 12.1. The zero-order valence-corrected chi connectivity index (χ0v) is 19.4. The molecular weight excluding hydrogens is 488 g/mol. The second kappa shape index (κ2) is 9.27. The lowest BCUT2D eigenvalue weighted by molar-refractivity contribution is -0.133. The third kappa shape index (κ3) is 4.68. The Labute approximate surface area is 200 Å². The molecule has 0 aliphatic carbocycles. The summed E-state index contributed by atoms with van der Waals surface area (Å²) >= 11 is 12.0. The summed E-state index contributed by atoms with van der Waals surface area (Å²) in [5.41, 5.74) is 0.871. The molecule has 4 rings (SSSR count). The van der Waals surface area contributed by atoms with E-state index >= 15 is 0 Å². The molecule has 0 bridgehead atoms. The van der Waals surface area contributed by atoms with Crippen LogP contribution in [-0.4, -0.2) is 23.8 Å². The highest BCUT2D eigenvalue weighted by molar-refractivity contribution is 7.89. The maximum Gasteiger partial charge on any atom is 0.333 e. The number of aliphatic carboxylic acids is 1. The molecule has 0 saturated carbocycles. The highest BCUT2D eigenvalue weighted by Crippen LogP contribution is 2.45. The predicted octanol–water partition coefficient (Wildman–Crippen LogP) is 6.02. The SMILES string of the molecule is O=C(O)C1=CC[C@@H](c2ccc(Cl)cc2)N(S(=O)(=O)c2ccc(Cl)cc2)[C@H]1c1ccc(F)cc1. The molecule has 3 aromatic rings. The first-order chi connectivity index (χ1) is 15.7. The minimum atomic E-state index is -4.22. The van der Waals surface area contributed by atoms with Crippen LogP contribution in [0.15, 0.2) is 89.3 Å². The zero-order chi connectivity index (χ0) is 23.8. The Morgan fingerprint density at radius 2 is 1.39 bits per heavy atom. The molecule has 0 aromatic heterocycles. The fourth-order valence-corrected chi connectivity index (χ4v) is 5.98. The molecule has 3 aromatic carbocycles. The number of carbonyl (C=O) groups is 1. The van der Waals surface area contributed by atoms with Gasteiger partial charge >= 0.3 is 5.97 Å². The molecule has 1 N–H and O–H groups in total. The number of carboxylic acid groups (broad SMARTS) is 1. The van der Waals surface area contributed by atoms with Crippen LogP contribution < -0.4 is 0 Å². The average Bonchev–Trinajstić information content (AvgIpc) is 2.79. The van der Waals surface area contributed by atoms with Gasteiger partial charge in [0.1, 0.15) is 5.82 Å². The van der Waals surface area contributed by atoms with Gasteiger partial charge in [-0.1, -0.05) is 53.5 Å². The van der Waals surface area contributed by atoms with Gasteiger partial charge < -0.3 is 5.11 Å². The molecule has 1 aliphatic rings. The first kappa shape index (κ1) is 23.4. The molecule has 5 nitrogen and oxygen atoms in total. The van der Waals surface area contributed by atoms with Gasteiger partial charge in [-0.25, -0.2) is 17.6 Å². The maximum absolute atomic E-state index is 13.9. The van der Waals surface area contributed by atoms with Crippen LogP contribution in [0.1, 0.15) is 29.6 Å². The summed E-state index contributed by atoms with van der Waals surface area (Å²) in [6.07, 6.45) is 1.65. The number of rotatable bonds is 5. The summed E-state index contributed by atoms with van der Waals surface area (Å²) in [7, 11) is -4.22. The van der Waals surface area contributed by atoms with E-state index in [1.54, 1.807) is 24.3 Å². The number of carboxylic acids is 1. The van der Waals surface area contributed by atoms with Crippen LogP contribution in [-0.2, 0) is 14.8 Å². The van der Waals surface area contributed by atoms with E-state index in [1.165, 1.54) is 58.9 Å². The summed E-state index contributed by atoms with van der Waals surface area (Å²) in [6.45, 7) is 0. The third-order valence-electron chi connectivity index (χ3n) is 5.49. The maximum atomic E-state index is 13.9. The molecular formula is C24H18Cl2FNO4S. The van der Waals surface area contributed by atoms with Crippen molar-refractivity contribution in [3.05, 3.63) is 111 Å². The van der Waals surface area contributed by atoms with Gasteiger partial charge in [0.15, 0.2) is 0 Å². The van der Waals surface area contributed by atoms with Crippen molar-refractivity contribution < 1.29 is 22.7 Å². The zero-order valence-electron chi connectivity index (χ0n) is 17.0. The van der Waals surface area contributed by atoms with Crippen molar-refractivity contribution in [2.45, 2.75) is 23.4 Å². The monoisotopic (exact) mass is 505 g/mol. The smallest absolute Gasteiger partial charge is 0.333 e. The van der Waals surface area contributed by atoms with E-state index in [4.69, 9.17) is 23.2 Å². The molecule has 0 saturated heterocycles. The Morgan fingerprint density at radius 1 is 0.879 bits per heavy atom. The highest BCUT2D eigenvalue weighted by Gasteiger charge is 2.44. The molecule has 0 spiro atoms. The van der Waals surface area contributed by atoms with Gasteiger partial charge in [-0.2, -0.15) is 4.31 Å². The lowest BCUT2D eigenvalue weighted by Gasteiger charge is -2.40. The van der Waals surface area contributed by atoms with Crippen molar-refractivity contribution in [1.29, 1.82) is 0 Å². The van der Waals surface area contributed by atoms with Crippen LogP contribution in [0.4, 0.5) is 4.39 Å². The molecule has 1 heterocycles. The Balaban J connectivity index is 1.96. The number of nitrogens with zero attached hydrogens (tertiary/aromatic N) is 1. The lowest BCUT2D eigenvalue weighted by Crippen LogP contribution is -2.42. The van der Waals surface area contributed by atoms with Gasteiger partial charge in [-0.05, 0) is 66.1 Å². The molecule has 33 heavy (non-hydrogen) atoms. The highest BCUT2D eigenvalue weighted by atomic mass is 35.5. The van der Waals surface area contributed by atoms with Crippen molar-refractivity contribution in [2.24, 2.45) is 0 Å². The summed E-state index contributed by atoms with van der Waals surface area (Å²) in [6, 6.07) is 15.6.